The molecule has 1 rings (SSSR count). The van der Waals surface area contributed by atoms with E-state index in [4.69, 9.17) is 23.2 Å². The first-order chi connectivity index (χ1) is 4.24. The summed E-state index contributed by atoms with van der Waals surface area (Å²) in [7, 11) is 0. The maximum Gasteiger partial charge on any atom is 0.184 e. The van der Waals surface area contributed by atoms with Crippen molar-refractivity contribution in [3.05, 3.63) is 15.0 Å². The van der Waals surface area contributed by atoms with Crippen molar-refractivity contribution < 1.29 is 0 Å². The van der Waals surface area contributed by atoms with Gasteiger partial charge in [0.1, 0.15) is 0 Å². The van der Waals surface area contributed by atoms with Crippen molar-refractivity contribution in [1.29, 1.82) is 0 Å². The predicted octanol–water partition coefficient (Wildman–Crippen LogP) is 2.84. The lowest BCUT2D eigenvalue weighted by molar-refractivity contribution is 1.22. The molecule has 0 unspecified atom stereocenters. The second-order valence-electron chi connectivity index (χ2n) is 1.61. The van der Waals surface area contributed by atoms with Gasteiger partial charge in [0.25, 0.3) is 0 Å². The number of aryl methyl sites for hydroxylation is 1. The number of halogens is 2. The molecule has 9 heavy (non-hydrogen) atoms. The highest BCUT2D eigenvalue weighted by Gasteiger charge is 2.02. The summed E-state index contributed by atoms with van der Waals surface area (Å²) in [6.07, 6.45) is 0. The summed E-state index contributed by atoms with van der Waals surface area (Å²) < 4.78 is 0.572. The molecule has 0 amide bonds. The number of alkyl halides is 1. The summed E-state index contributed by atoms with van der Waals surface area (Å²) in [5, 5.41) is 0. The van der Waals surface area contributed by atoms with Crippen molar-refractivity contribution in [3.8, 4) is 0 Å². The second kappa shape index (κ2) is 2.86. The Hall–Kier alpha value is 0.210. The molecule has 1 nitrogen and oxygen atoms in total. The Balaban J connectivity index is 3.01. The van der Waals surface area contributed by atoms with Gasteiger partial charge in [0.15, 0.2) is 4.47 Å². The van der Waals surface area contributed by atoms with E-state index in [1.165, 1.54) is 11.3 Å². The Morgan fingerprint density at radius 1 is 1.67 bits per heavy atom. The van der Waals surface area contributed by atoms with Crippen LogP contribution in [0.3, 0.4) is 0 Å². The van der Waals surface area contributed by atoms with Gasteiger partial charge in [-0.15, -0.1) is 22.9 Å². The summed E-state index contributed by atoms with van der Waals surface area (Å²) >= 11 is 12.6. The standard InChI is InChI=1S/C5H5Cl2NS/c1-3-4(2-6)9-5(7)8-3/h2H2,1H3. The molecule has 0 fully saturated rings. The molecule has 0 bridgehead atoms. The fraction of sp³-hybridized carbons (Fsp3) is 0.400. The molecule has 0 atom stereocenters. The largest absolute Gasteiger partial charge is 0.230 e. The van der Waals surface area contributed by atoms with E-state index in [9.17, 15) is 0 Å². The van der Waals surface area contributed by atoms with Gasteiger partial charge in [-0.1, -0.05) is 11.6 Å². The van der Waals surface area contributed by atoms with E-state index >= 15 is 0 Å². The minimum absolute atomic E-state index is 0.510. The quantitative estimate of drug-likeness (QED) is 0.608. The number of hydrogen-bond acceptors (Lipinski definition) is 2. The van der Waals surface area contributed by atoms with Crippen molar-refractivity contribution in [1.82, 2.24) is 4.98 Å². The lowest BCUT2D eigenvalue weighted by atomic mass is 10.4. The molecule has 1 heterocycles. The van der Waals surface area contributed by atoms with Gasteiger partial charge in [-0.05, 0) is 6.92 Å². The molecule has 0 aliphatic heterocycles. The van der Waals surface area contributed by atoms with Crippen LogP contribution in [-0.4, -0.2) is 4.98 Å². The third kappa shape index (κ3) is 1.57. The van der Waals surface area contributed by atoms with Gasteiger partial charge in [-0.3, -0.25) is 0 Å². The minimum atomic E-state index is 0.510. The van der Waals surface area contributed by atoms with Crippen LogP contribution in [0.2, 0.25) is 4.47 Å². The summed E-state index contributed by atoms with van der Waals surface area (Å²) in [6, 6.07) is 0. The van der Waals surface area contributed by atoms with Crippen LogP contribution in [-0.2, 0) is 5.88 Å². The van der Waals surface area contributed by atoms with Gasteiger partial charge < -0.3 is 0 Å². The van der Waals surface area contributed by atoms with Crippen molar-refractivity contribution in [2.24, 2.45) is 0 Å². The maximum atomic E-state index is 5.59. The smallest absolute Gasteiger partial charge is 0.184 e. The third-order valence-electron chi connectivity index (χ3n) is 0.988. The van der Waals surface area contributed by atoms with Crippen molar-refractivity contribution >= 4 is 34.5 Å². The average molecular weight is 182 g/mol. The summed E-state index contributed by atoms with van der Waals surface area (Å²) in [6.45, 7) is 1.90. The van der Waals surface area contributed by atoms with E-state index in [2.05, 4.69) is 4.98 Å². The summed E-state index contributed by atoms with van der Waals surface area (Å²) in [5.74, 6) is 0.510. The molecule has 4 heteroatoms. The van der Waals surface area contributed by atoms with Crippen LogP contribution < -0.4 is 0 Å². The fourth-order valence-electron chi connectivity index (χ4n) is 0.517. The topological polar surface area (TPSA) is 12.9 Å². The molecule has 1 aromatic heterocycles. The van der Waals surface area contributed by atoms with Crippen molar-refractivity contribution in [2.75, 3.05) is 0 Å². The zero-order chi connectivity index (χ0) is 6.85. The molecule has 0 aliphatic carbocycles. The van der Waals surface area contributed by atoms with Crippen LogP contribution in [0.5, 0.6) is 0 Å². The molecule has 0 N–H and O–H groups in total. The SMILES string of the molecule is Cc1nc(Cl)sc1CCl. The Morgan fingerprint density at radius 3 is 2.56 bits per heavy atom. The third-order valence-corrected chi connectivity index (χ3v) is 2.68. The predicted molar refractivity (Wildman–Crippen MR) is 41.4 cm³/mol. The van der Waals surface area contributed by atoms with Crippen LogP contribution in [0, 0.1) is 6.92 Å². The lowest BCUT2D eigenvalue weighted by Gasteiger charge is -1.83. The summed E-state index contributed by atoms with van der Waals surface area (Å²) in [5.41, 5.74) is 0.944. The highest BCUT2D eigenvalue weighted by atomic mass is 35.5. The monoisotopic (exact) mass is 181 g/mol. The zero-order valence-corrected chi connectivity index (χ0v) is 7.15. The van der Waals surface area contributed by atoms with Gasteiger partial charge in [0, 0.05) is 4.88 Å². The number of aromatic nitrogens is 1. The number of thiazole rings is 1. The number of nitrogens with zero attached hydrogens (tertiary/aromatic N) is 1. The molecule has 0 saturated carbocycles. The highest BCUT2D eigenvalue weighted by molar-refractivity contribution is 7.16. The van der Waals surface area contributed by atoms with Gasteiger partial charge in [0.2, 0.25) is 0 Å². The van der Waals surface area contributed by atoms with Gasteiger partial charge >= 0.3 is 0 Å². The fourth-order valence-corrected chi connectivity index (χ4v) is 1.91. The van der Waals surface area contributed by atoms with E-state index in [0.29, 0.717) is 10.3 Å². The Morgan fingerprint density at radius 2 is 2.33 bits per heavy atom. The van der Waals surface area contributed by atoms with E-state index in [-0.39, 0.29) is 0 Å². The lowest BCUT2D eigenvalue weighted by Crippen LogP contribution is -1.74. The van der Waals surface area contributed by atoms with Crippen LogP contribution >= 0.6 is 34.5 Å². The van der Waals surface area contributed by atoms with Crippen LogP contribution in [0.25, 0.3) is 0 Å². The van der Waals surface area contributed by atoms with E-state index in [0.717, 1.165) is 10.6 Å². The van der Waals surface area contributed by atoms with Gasteiger partial charge in [-0.2, -0.15) is 0 Å². The molecule has 0 saturated heterocycles. The van der Waals surface area contributed by atoms with Gasteiger partial charge in [-0.25, -0.2) is 4.98 Å². The molecule has 1 aromatic rings. The van der Waals surface area contributed by atoms with Crippen molar-refractivity contribution in [2.45, 2.75) is 12.8 Å². The first-order valence-electron chi connectivity index (χ1n) is 2.42. The molecular weight excluding hydrogens is 177 g/mol. The number of hydrogen-bond donors (Lipinski definition) is 0. The number of rotatable bonds is 1. The maximum absolute atomic E-state index is 5.59. The minimum Gasteiger partial charge on any atom is -0.230 e. The zero-order valence-electron chi connectivity index (χ0n) is 4.82. The Kier molecular flexibility index (Phi) is 2.33. The highest BCUT2D eigenvalue weighted by Crippen LogP contribution is 2.23. The van der Waals surface area contributed by atoms with Crippen LogP contribution in [0.1, 0.15) is 10.6 Å². The second-order valence-corrected chi connectivity index (χ2v) is 3.54. The van der Waals surface area contributed by atoms with Crippen LogP contribution in [0.4, 0.5) is 0 Å². The van der Waals surface area contributed by atoms with Gasteiger partial charge in [0.05, 0.1) is 11.6 Å². The Bertz CT molecular complexity index is 209. The van der Waals surface area contributed by atoms with E-state index < -0.39 is 0 Å². The first-order valence-corrected chi connectivity index (χ1v) is 4.14. The normalized spacial score (nSPS) is 10.1. The first kappa shape index (κ1) is 7.32. The molecule has 50 valence electrons. The Labute approximate surface area is 67.6 Å². The molecular formula is C5H5Cl2NS. The average Bonchev–Trinajstić information content (AvgIpc) is 2.10. The van der Waals surface area contributed by atoms with Crippen LogP contribution in [0.15, 0.2) is 0 Å². The molecule has 0 aromatic carbocycles. The van der Waals surface area contributed by atoms with E-state index in [1.54, 1.807) is 0 Å². The molecule has 0 radical (unpaired) electrons. The molecule has 0 aliphatic rings. The molecule has 0 spiro atoms. The summed E-state index contributed by atoms with van der Waals surface area (Å²) in [4.78, 5) is 5.04. The van der Waals surface area contributed by atoms with E-state index in [1.807, 2.05) is 6.92 Å². The van der Waals surface area contributed by atoms with Crippen molar-refractivity contribution in [3.63, 3.8) is 0 Å².